The van der Waals surface area contributed by atoms with E-state index in [1.54, 1.807) is 0 Å². The predicted octanol–water partition coefficient (Wildman–Crippen LogP) is 4.37. The van der Waals surface area contributed by atoms with Crippen LogP contribution in [0.5, 0.6) is 0 Å². The lowest BCUT2D eigenvalue weighted by atomic mass is 10.1. The minimum atomic E-state index is -4.57. The van der Waals surface area contributed by atoms with Gasteiger partial charge in [0.1, 0.15) is 12.7 Å². The van der Waals surface area contributed by atoms with Crippen LogP contribution in [0.3, 0.4) is 0 Å². The van der Waals surface area contributed by atoms with Crippen LogP contribution in [0.4, 0.5) is 0 Å². The van der Waals surface area contributed by atoms with E-state index < -0.39 is 51.8 Å². The lowest BCUT2D eigenvalue weighted by molar-refractivity contribution is -0.160. The molecule has 0 aliphatic rings. The highest BCUT2D eigenvalue weighted by Gasteiger charge is 2.26. The number of aliphatic hydroxyl groups is 2. The first-order chi connectivity index (χ1) is 17.2. The molecular formula is C25H45O10P. The molecule has 11 heteroatoms. The van der Waals surface area contributed by atoms with Gasteiger partial charge in [-0.25, -0.2) is 4.57 Å². The molecule has 0 saturated carbocycles. The molecule has 0 rings (SSSR count). The molecule has 0 aliphatic carbocycles. The number of esters is 2. The summed E-state index contributed by atoms with van der Waals surface area (Å²) in [6.45, 7) is 1.20. The Bertz CT molecular complexity index is 680. The van der Waals surface area contributed by atoms with Crippen LogP contribution in [0.1, 0.15) is 84.5 Å². The first kappa shape index (κ1) is 34.5. The van der Waals surface area contributed by atoms with Crippen molar-refractivity contribution in [1.82, 2.24) is 0 Å². The molecule has 36 heavy (non-hydrogen) atoms. The number of phosphoric ester groups is 1. The lowest BCUT2D eigenvalue weighted by Crippen LogP contribution is -2.29. The summed E-state index contributed by atoms with van der Waals surface area (Å²) in [5, 5.41) is 17.9. The van der Waals surface area contributed by atoms with Gasteiger partial charge >= 0.3 is 19.8 Å². The number of allylic oxidation sites excluding steroid dienone is 4. The number of ether oxygens (including phenoxy) is 2. The Balaban J connectivity index is 4.11. The molecule has 3 atom stereocenters. The second kappa shape index (κ2) is 22.6. The maximum atomic E-state index is 12.1. The zero-order chi connectivity index (χ0) is 27.1. The van der Waals surface area contributed by atoms with E-state index in [2.05, 4.69) is 35.8 Å². The fourth-order valence-electron chi connectivity index (χ4n) is 2.91. The monoisotopic (exact) mass is 536 g/mol. The Morgan fingerprint density at radius 3 is 2.14 bits per heavy atom. The molecule has 0 heterocycles. The fourth-order valence-corrected chi connectivity index (χ4v) is 3.70. The summed E-state index contributed by atoms with van der Waals surface area (Å²) < 4.78 is 31.2. The summed E-state index contributed by atoms with van der Waals surface area (Å²) in [4.78, 5) is 32.8. The fraction of sp³-hybridized carbons (Fsp3) is 0.760. The summed E-state index contributed by atoms with van der Waals surface area (Å²) in [6, 6.07) is 0. The number of hydrogen-bond donors (Lipinski definition) is 3. The van der Waals surface area contributed by atoms with Crippen molar-refractivity contribution in [1.29, 1.82) is 0 Å². The van der Waals surface area contributed by atoms with E-state index in [-0.39, 0.29) is 13.0 Å². The number of unbranched alkanes of at least 4 members (excludes halogenated alkanes) is 7. The Morgan fingerprint density at radius 1 is 0.889 bits per heavy atom. The van der Waals surface area contributed by atoms with Crippen LogP contribution in [0.15, 0.2) is 24.3 Å². The van der Waals surface area contributed by atoms with E-state index in [1.165, 1.54) is 19.8 Å². The van der Waals surface area contributed by atoms with Gasteiger partial charge < -0.3 is 24.6 Å². The second-order valence-corrected chi connectivity index (χ2v) is 9.89. The third kappa shape index (κ3) is 22.9. The Labute approximate surface area is 215 Å². The van der Waals surface area contributed by atoms with E-state index >= 15 is 0 Å². The van der Waals surface area contributed by atoms with Gasteiger partial charge in [-0.05, 0) is 32.1 Å². The van der Waals surface area contributed by atoms with Gasteiger partial charge in [-0.15, -0.1) is 0 Å². The highest BCUT2D eigenvalue weighted by molar-refractivity contribution is 7.47. The molecule has 0 saturated heterocycles. The zero-order valence-corrected chi connectivity index (χ0v) is 22.6. The third-order valence-corrected chi connectivity index (χ3v) is 5.87. The van der Waals surface area contributed by atoms with Gasteiger partial charge in [0.05, 0.1) is 19.8 Å². The molecule has 10 nitrogen and oxygen atoms in total. The van der Waals surface area contributed by atoms with E-state index in [0.717, 1.165) is 44.9 Å². The molecule has 0 spiro atoms. The first-order valence-electron chi connectivity index (χ1n) is 12.7. The van der Waals surface area contributed by atoms with Gasteiger partial charge in [0.25, 0.3) is 0 Å². The Morgan fingerprint density at radius 2 is 1.50 bits per heavy atom. The van der Waals surface area contributed by atoms with Gasteiger partial charge in [0.2, 0.25) is 0 Å². The second-order valence-electron chi connectivity index (χ2n) is 8.44. The molecule has 3 unspecified atom stereocenters. The molecule has 0 amide bonds. The predicted molar refractivity (Wildman–Crippen MR) is 136 cm³/mol. The summed E-state index contributed by atoms with van der Waals surface area (Å²) in [6.07, 6.45) is 16.9. The zero-order valence-electron chi connectivity index (χ0n) is 21.7. The molecule has 0 aromatic carbocycles. The van der Waals surface area contributed by atoms with Gasteiger partial charge in [-0.3, -0.25) is 18.6 Å². The molecule has 0 aliphatic heterocycles. The van der Waals surface area contributed by atoms with Crippen LogP contribution in [0, 0.1) is 0 Å². The summed E-state index contributed by atoms with van der Waals surface area (Å²) in [5.41, 5.74) is 0. The molecule has 0 radical (unpaired) electrons. The van der Waals surface area contributed by atoms with Crippen molar-refractivity contribution in [2.75, 3.05) is 26.4 Å². The average molecular weight is 537 g/mol. The lowest BCUT2D eigenvalue weighted by Gasteiger charge is -2.20. The van der Waals surface area contributed by atoms with E-state index in [9.17, 15) is 24.2 Å². The van der Waals surface area contributed by atoms with Crippen molar-refractivity contribution in [2.45, 2.75) is 96.7 Å². The number of rotatable bonds is 23. The van der Waals surface area contributed by atoms with E-state index in [1.807, 2.05) is 0 Å². The molecule has 0 aromatic rings. The topological polar surface area (TPSA) is 149 Å². The van der Waals surface area contributed by atoms with Crippen molar-refractivity contribution < 1.29 is 47.8 Å². The molecule has 0 bridgehead atoms. The molecule has 0 aromatic heterocycles. The maximum Gasteiger partial charge on any atom is 0.472 e. The Kier molecular flexibility index (Phi) is 21.7. The highest BCUT2D eigenvalue weighted by atomic mass is 31.2. The smallest absolute Gasteiger partial charge is 0.462 e. The van der Waals surface area contributed by atoms with E-state index in [4.69, 9.17) is 19.1 Å². The van der Waals surface area contributed by atoms with Crippen molar-refractivity contribution in [3.05, 3.63) is 24.3 Å². The quantitative estimate of drug-likeness (QED) is 0.0744. The van der Waals surface area contributed by atoms with Crippen LogP contribution >= 0.6 is 7.82 Å². The standard InChI is InChI=1S/C25H45O10P/c1-3-4-5-6-7-8-9-10-11-12-13-14-15-16-17-25(29)35-24(20-32-22(2)27)21-34-36(30,31)33-19-23(28)18-26/h6-7,9-10,23-24,26,28H,3-5,8,11-21H2,1-2H3,(H,30,31)/b7-6-,10-9-. The number of carbonyl (C=O) groups excluding carboxylic acids is 2. The Hall–Kier alpha value is -1.55. The van der Waals surface area contributed by atoms with Crippen LogP contribution in [0.25, 0.3) is 0 Å². The van der Waals surface area contributed by atoms with Gasteiger partial charge in [0, 0.05) is 13.3 Å². The number of phosphoric acid groups is 1. The summed E-state index contributed by atoms with van der Waals surface area (Å²) >= 11 is 0. The SMILES string of the molecule is CCCC/C=C\C/C=C\CCCCCCCC(=O)OC(COC(C)=O)COP(=O)(O)OCC(O)CO. The van der Waals surface area contributed by atoms with Gasteiger partial charge in [-0.2, -0.15) is 0 Å². The molecule has 210 valence electrons. The normalized spacial score (nSPS) is 15.1. The van der Waals surface area contributed by atoms with Crippen LogP contribution < -0.4 is 0 Å². The van der Waals surface area contributed by atoms with Crippen molar-refractivity contribution in [3.63, 3.8) is 0 Å². The minimum absolute atomic E-state index is 0.164. The summed E-state index contributed by atoms with van der Waals surface area (Å²) in [7, 11) is -4.57. The summed E-state index contributed by atoms with van der Waals surface area (Å²) in [5.74, 6) is -1.14. The third-order valence-electron chi connectivity index (χ3n) is 4.92. The maximum absolute atomic E-state index is 12.1. The van der Waals surface area contributed by atoms with Gasteiger partial charge in [0.15, 0.2) is 6.10 Å². The van der Waals surface area contributed by atoms with Crippen LogP contribution in [-0.2, 0) is 32.7 Å². The number of carbonyl (C=O) groups is 2. The number of hydrogen-bond acceptors (Lipinski definition) is 9. The minimum Gasteiger partial charge on any atom is -0.462 e. The highest BCUT2D eigenvalue weighted by Crippen LogP contribution is 2.43. The van der Waals surface area contributed by atoms with Crippen LogP contribution in [0.2, 0.25) is 0 Å². The molecule has 0 fully saturated rings. The van der Waals surface area contributed by atoms with E-state index in [0.29, 0.717) is 6.42 Å². The van der Waals surface area contributed by atoms with Crippen LogP contribution in [-0.4, -0.2) is 65.7 Å². The van der Waals surface area contributed by atoms with Crippen molar-refractivity contribution in [2.24, 2.45) is 0 Å². The first-order valence-corrected chi connectivity index (χ1v) is 14.2. The van der Waals surface area contributed by atoms with Crippen molar-refractivity contribution >= 4 is 19.8 Å². The van der Waals surface area contributed by atoms with Crippen molar-refractivity contribution in [3.8, 4) is 0 Å². The average Bonchev–Trinajstić information content (AvgIpc) is 2.84. The largest absolute Gasteiger partial charge is 0.472 e. The number of aliphatic hydroxyl groups excluding tert-OH is 2. The molecule has 3 N–H and O–H groups in total. The van der Waals surface area contributed by atoms with Gasteiger partial charge in [-0.1, -0.05) is 63.3 Å². The molecular weight excluding hydrogens is 491 g/mol.